The van der Waals surface area contributed by atoms with E-state index in [1.807, 2.05) is 6.07 Å². The summed E-state index contributed by atoms with van der Waals surface area (Å²) in [4.78, 5) is 2.49. The van der Waals surface area contributed by atoms with Crippen LogP contribution in [0.4, 0.5) is 4.39 Å². The van der Waals surface area contributed by atoms with Crippen LogP contribution in [-0.4, -0.2) is 30.6 Å². The first-order chi connectivity index (χ1) is 8.70. The minimum atomic E-state index is -0.136. The minimum absolute atomic E-state index is 0.136. The maximum Gasteiger partial charge on any atom is 0.123 e. The maximum atomic E-state index is 13.2. The van der Waals surface area contributed by atoms with Gasteiger partial charge in [-0.1, -0.05) is 32.4 Å². The monoisotopic (exact) mass is 250 g/mol. The van der Waals surface area contributed by atoms with Gasteiger partial charge in [-0.25, -0.2) is 4.39 Å². The van der Waals surface area contributed by atoms with Crippen LogP contribution in [0.2, 0.25) is 0 Å². The summed E-state index contributed by atoms with van der Waals surface area (Å²) in [5, 5.41) is 3.46. The Morgan fingerprint density at radius 2 is 2.33 bits per heavy atom. The second-order valence-corrected chi connectivity index (χ2v) is 5.26. The van der Waals surface area contributed by atoms with Crippen molar-refractivity contribution in [2.75, 3.05) is 19.6 Å². The van der Waals surface area contributed by atoms with Crippen LogP contribution in [-0.2, 0) is 6.54 Å². The highest BCUT2D eigenvalue weighted by Gasteiger charge is 2.26. The van der Waals surface area contributed by atoms with E-state index in [-0.39, 0.29) is 5.82 Å². The quantitative estimate of drug-likeness (QED) is 0.883. The van der Waals surface area contributed by atoms with E-state index in [4.69, 9.17) is 0 Å². The van der Waals surface area contributed by atoms with Crippen LogP contribution in [0.5, 0.6) is 0 Å². The van der Waals surface area contributed by atoms with E-state index >= 15 is 0 Å². The highest BCUT2D eigenvalue weighted by atomic mass is 19.1. The molecule has 18 heavy (non-hydrogen) atoms. The average Bonchev–Trinajstić information content (AvgIpc) is 2.38. The molecule has 2 nitrogen and oxygen atoms in total. The van der Waals surface area contributed by atoms with Crippen molar-refractivity contribution in [2.24, 2.45) is 5.92 Å². The second-order valence-electron chi connectivity index (χ2n) is 5.26. The summed E-state index contributed by atoms with van der Waals surface area (Å²) in [6.07, 6.45) is 1.19. The summed E-state index contributed by atoms with van der Waals surface area (Å²) in [6, 6.07) is 7.53. The molecule has 100 valence electrons. The third-order valence-electron chi connectivity index (χ3n) is 3.97. The van der Waals surface area contributed by atoms with Gasteiger partial charge in [0.05, 0.1) is 0 Å². The van der Waals surface area contributed by atoms with E-state index in [2.05, 4.69) is 24.1 Å². The minimum Gasteiger partial charge on any atom is -0.314 e. The SMILES string of the molecule is CCC(C)C1CNCCN1Cc1cccc(F)c1. The molecule has 1 aliphatic heterocycles. The van der Waals surface area contributed by atoms with Crippen LogP contribution in [0, 0.1) is 11.7 Å². The molecule has 2 rings (SSSR count). The Labute approximate surface area is 109 Å². The third-order valence-corrected chi connectivity index (χ3v) is 3.97. The Morgan fingerprint density at radius 3 is 3.06 bits per heavy atom. The van der Waals surface area contributed by atoms with E-state index in [1.54, 1.807) is 12.1 Å². The Bertz CT molecular complexity index is 381. The van der Waals surface area contributed by atoms with Gasteiger partial charge in [0, 0.05) is 32.2 Å². The van der Waals surface area contributed by atoms with Gasteiger partial charge in [-0.05, 0) is 23.6 Å². The molecular weight excluding hydrogens is 227 g/mol. The van der Waals surface area contributed by atoms with Crippen LogP contribution < -0.4 is 5.32 Å². The molecule has 1 saturated heterocycles. The highest BCUT2D eigenvalue weighted by molar-refractivity contribution is 5.16. The molecule has 0 radical (unpaired) electrons. The Hall–Kier alpha value is -0.930. The zero-order valence-electron chi connectivity index (χ0n) is 11.3. The predicted octanol–water partition coefficient (Wildman–Crippen LogP) is 2.65. The van der Waals surface area contributed by atoms with Gasteiger partial charge in [-0.2, -0.15) is 0 Å². The van der Waals surface area contributed by atoms with E-state index in [1.165, 1.54) is 12.5 Å². The van der Waals surface area contributed by atoms with E-state index in [0.29, 0.717) is 12.0 Å². The maximum absolute atomic E-state index is 13.2. The zero-order chi connectivity index (χ0) is 13.0. The first-order valence-electron chi connectivity index (χ1n) is 6.90. The van der Waals surface area contributed by atoms with Gasteiger partial charge in [-0.15, -0.1) is 0 Å². The van der Waals surface area contributed by atoms with Gasteiger partial charge in [0.1, 0.15) is 5.82 Å². The summed E-state index contributed by atoms with van der Waals surface area (Å²) in [5.41, 5.74) is 1.07. The number of nitrogens with one attached hydrogen (secondary N) is 1. The van der Waals surface area contributed by atoms with Crippen LogP contribution in [0.3, 0.4) is 0 Å². The number of hydrogen-bond donors (Lipinski definition) is 1. The molecule has 0 spiro atoms. The largest absolute Gasteiger partial charge is 0.314 e. The molecule has 1 fully saturated rings. The van der Waals surface area contributed by atoms with Crippen LogP contribution >= 0.6 is 0 Å². The van der Waals surface area contributed by atoms with Crippen molar-refractivity contribution >= 4 is 0 Å². The number of benzene rings is 1. The van der Waals surface area contributed by atoms with Crippen molar-refractivity contribution in [3.63, 3.8) is 0 Å². The predicted molar refractivity (Wildman–Crippen MR) is 72.9 cm³/mol. The smallest absolute Gasteiger partial charge is 0.123 e. The van der Waals surface area contributed by atoms with Crippen molar-refractivity contribution < 1.29 is 4.39 Å². The molecule has 2 unspecified atom stereocenters. The molecule has 0 bridgehead atoms. The summed E-state index contributed by atoms with van der Waals surface area (Å²) in [7, 11) is 0. The number of piperazine rings is 1. The van der Waals surface area contributed by atoms with Gasteiger partial charge in [-0.3, -0.25) is 4.90 Å². The molecule has 3 heteroatoms. The fraction of sp³-hybridized carbons (Fsp3) is 0.600. The molecule has 1 heterocycles. The van der Waals surface area contributed by atoms with Gasteiger partial charge in [0.15, 0.2) is 0 Å². The van der Waals surface area contributed by atoms with E-state index < -0.39 is 0 Å². The zero-order valence-corrected chi connectivity index (χ0v) is 11.3. The van der Waals surface area contributed by atoms with Crippen molar-refractivity contribution in [3.05, 3.63) is 35.6 Å². The van der Waals surface area contributed by atoms with Crippen molar-refractivity contribution in [3.8, 4) is 0 Å². The number of rotatable bonds is 4. The Balaban J connectivity index is 2.05. The first-order valence-corrected chi connectivity index (χ1v) is 6.90. The van der Waals surface area contributed by atoms with Crippen molar-refractivity contribution in [1.29, 1.82) is 0 Å². The van der Waals surface area contributed by atoms with Gasteiger partial charge in [0.25, 0.3) is 0 Å². The van der Waals surface area contributed by atoms with E-state index in [0.717, 1.165) is 31.7 Å². The summed E-state index contributed by atoms with van der Waals surface area (Å²) >= 11 is 0. The van der Waals surface area contributed by atoms with Crippen LogP contribution in [0.1, 0.15) is 25.8 Å². The highest BCUT2D eigenvalue weighted by Crippen LogP contribution is 2.19. The molecule has 0 aromatic heterocycles. The first kappa shape index (κ1) is 13.5. The van der Waals surface area contributed by atoms with Gasteiger partial charge >= 0.3 is 0 Å². The Morgan fingerprint density at radius 1 is 1.50 bits per heavy atom. The summed E-state index contributed by atoms with van der Waals surface area (Å²) in [5.74, 6) is 0.536. The van der Waals surface area contributed by atoms with E-state index in [9.17, 15) is 4.39 Å². The van der Waals surface area contributed by atoms with Crippen LogP contribution in [0.25, 0.3) is 0 Å². The topological polar surface area (TPSA) is 15.3 Å². The van der Waals surface area contributed by atoms with Crippen LogP contribution in [0.15, 0.2) is 24.3 Å². The molecule has 0 saturated carbocycles. The Kier molecular flexibility index (Phi) is 4.72. The average molecular weight is 250 g/mol. The van der Waals surface area contributed by atoms with Crippen molar-refractivity contribution in [1.82, 2.24) is 10.2 Å². The molecule has 1 aromatic carbocycles. The lowest BCUT2D eigenvalue weighted by Crippen LogP contribution is -2.53. The van der Waals surface area contributed by atoms with Gasteiger partial charge in [0.2, 0.25) is 0 Å². The normalized spacial score (nSPS) is 22.9. The molecule has 2 atom stereocenters. The molecule has 1 aliphatic rings. The molecule has 0 amide bonds. The number of hydrogen-bond acceptors (Lipinski definition) is 2. The fourth-order valence-electron chi connectivity index (χ4n) is 2.67. The molecule has 1 N–H and O–H groups in total. The van der Waals surface area contributed by atoms with Crippen molar-refractivity contribution in [2.45, 2.75) is 32.9 Å². The number of nitrogens with zero attached hydrogens (tertiary/aromatic N) is 1. The lowest BCUT2D eigenvalue weighted by atomic mass is 9.95. The molecule has 0 aliphatic carbocycles. The molecule has 1 aromatic rings. The second kappa shape index (κ2) is 6.30. The lowest BCUT2D eigenvalue weighted by molar-refractivity contribution is 0.109. The summed E-state index contributed by atoms with van der Waals surface area (Å²) in [6.45, 7) is 8.52. The number of halogens is 1. The fourth-order valence-corrected chi connectivity index (χ4v) is 2.67. The van der Waals surface area contributed by atoms with Gasteiger partial charge < -0.3 is 5.32 Å². The standard InChI is InChI=1S/C15H23FN2/c1-3-12(2)15-10-17-7-8-18(15)11-13-5-4-6-14(16)9-13/h4-6,9,12,15,17H,3,7-8,10-11H2,1-2H3. The molecular formula is C15H23FN2. The third kappa shape index (κ3) is 3.30. The summed E-state index contributed by atoms with van der Waals surface area (Å²) < 4.78 is 13.2. The lowest BCUT2D eigenvalue weighted by Gasteiger charge is -2.39.